The Morgan fingerprint density at radius 1 is 1.30 bits per heavy atom. The molecule has 23 heavy (non-hydrogen) atoms. The van der Waals surface area contributed by atoms with Crippen LogP contribution in [-0.4, -0.2) is 46.3 Å². The Morgan fingerprint density at radius 3 is 2.65 bits per heavy atom. The molecule has 7 nitrogen and oxygen atoms in total. The normalized spacial score (nSPS) is 10.8. The Hall–Kier alpha value is -2.70. The number of esters is 1. The van der Waals surface area contributed by atoms with Gasteiger partial charge < -0.3 is 9.64 Å². The number of carbonyl (C=O) groups is 2. The fraction of sp³-hybridized carbons (Fsp3) is 0.375. The maximum Gasteiger partial charge on any atom is 0.325 e. The van der Waals surface area contributed by atoms with Crippen LogP contribution >= 0.6 is 0 Å². The number of amides is 1. The molecule has 0 unspecified atom stereocenters. The Kier molecular flexibility index (Phi) is 5.10. The third kappa shape index (κ3) is 3.74. The van der Waals surface area contributed by atoms with Crippen LogP contribution in [0.25, 0.3) is 10.9 Å². The van der Waals surface area contributed by atoms with E-state index >= 15 is 0 Å². The smallest absolute Gasteiger partial charge is 0.325 e. The van der Waals surface area contributed by atoms with Gasteiger partial charge in [-0.2, -0.15) is 5.10 Å². The van der Waals surface area contributed by atoms with Gasteiger partial charge in [0.25, 0.3) is 0 Å². The van der Waals surface area contributed by atoms with Crippen molar-refractivity contribution in [2.45, 2.75) is 26.4 Å². The van der Waals surface area contributed by atoms with Gasteiger partial charge >= 0.3 is 5.97 Å². The summed E-state index contributed by atoms with van der Waals surface area (Å²) in [4.78, 5) is 37.2. The highest BCUT2D eigenvalue weighted by Crippen LogP contribution is 2.09. The van der Waals surface area contributed by atoms with Gasteiger partial charge in [0.15, 0.2) is 0 Å². The van der Waals surface area contributed by atoms with Crippen LogP contribution in [0, 0.1) is 0 Å². The molecule has 0 aliphatic rings. The number of ether oxygens (including phenoxy) is 1. The maximum atomic E-state index is 12.5. The molecule has 0 bridgehead atoms. The number of methoxy groups -OCH3 is 1. The molecule has 1 aromatic heterocycles. The Morgan fingerprint density at radius 2 is 2.00 bits per heavy atom. The molecule has 0 atom stereocenters. The Bertz CT molecular complexity index is 782. The first-order valence-electron chi connectivity index (χ1n) is 7.25. The second-order valence-electron chi connectivity index (χ2n) is 5.38. The van der Waals surface area contributed by atoms with Crippen molar-refractivity contribution in [2.75, 3.05) is 13.7 Å². The first-order valence-corrected chi connectivity index (χ1v) is 7.25. The van der Waals surface area contributed by atoms with E-state index in [0.29, 0.717) is 10.9 Å². The summed E-state index contributed by atoms with van der Waals surface area (Å²) < 4.78 is 6.08. The zero-order valence-electron chi connectivity index (χ0n) is 13.4. The van der Waals surface area contributed by atoms with Gasteiger partial charge in [-0.15, -0.1) is 0 Å². The lowest BCUT2D eigenvalue weighted by Crippen LogP contribution is -2.43. The number of fused-ring (bicyclic) bond motifs is 1. The summed E-state index contributed by atoms with van der Waals surface area (Å²) in [6.07, 6.45) is 1.19. The van der Waals surface area contributed by atoms with Crippen LogP contribution < -0.4 is 5.43 Å². The van der Waals surface area contributed by atoms with Gasteiger partial charge in [0.2, 0.25) is 11.3 Å². The monoisotopic (exact) mass is 317 g/mol. The Balaban J connectivity index is 2.30. The molecule has 0 saturated heterocycles. The molecule has 0 spiro atoms. The minimum absolute atomic E-state index is 0.0596. The van der Waals surface area contributed by atoms with Gasteiger partial charge in [0, 0.05) is 11.4 Å². The molecule has 0 aliphatic heterocycles. The van der Waals surface area contributed by atoms with E-state index in [1.807, 2.05) is 13.8 Å². The topological polar surface area (TPSA) is 81.5 Å². The number of nitrogens with zero attached hydrogens (tertiary/aromatic N) is 3. The summed E-state index contributed by atoms with van der Waals surface area (Å²) in [6.45, 7) is 3.46. The van der Waals surface area contributed by atoms with E-state index in [9.17, 15) is 14.4 Å². The quantitative estimate of drug-likeness (QED) is 0.762. The zero-order valence-corrected chi connectivity index (χ0v) is 13.4. The van der Waals surface area contributed by atoms with Gasteiger partial charge in [-0.1, -0.05) is 12.1 Å². The molecule has 1 heterocycles. The molecule has 1 amide bonds. The van der Waals surface area contributed by atoms with Gasteiger partial charge in [0.05, 0.1) is 18.8 Å². The largest absolute Gasteiger partial charge is 0.468 e. The fourth-order valence-electron chi connectivity index (χ4n) is 2.27. The van der Waals surface area contributed by atoms with Crippen LogP contribution in [0.15, 0.2) is 35.3 Å². The number of rotatable bonds is 5. The van der Waals surface area contributed by atoms with Gasteiger partial charge in [-0.3, -0.25) is 19.1 Å². The van der Waals surface area contributed by atoms with E-state index < -0.39 is 5.97 Å². The highest BCUT2D eigenvalue weighted by Gasteiger charge is 2.21. The van der Waals surface area contributed by atoms with E-state index in [4.69, 9.17) is 0 Å². The van der Waals surface area contributed by atoms with Crippen molar-refractivity contribution in [3.05, 3.63) is 40.7 Å². The molecular weight excluding hydrogens is 298 g/mol. The highest BCUT2D eigenvalue weighted by molar-refractivity contribution is 5.84. The average molecular weight is 317 g/mol. The second-order valence-corrected chi connectivity index (χ2v) is 5.38. The molecule has 1 aromatic carbocycles. The molecule has 0 saturated carbocycles. The lowest BCUT2D eigenvalue weighted by molar-refractivity contribution is -0.148. The predicted molar refractivity (Wildman–Crippen MR) is 84.9 cm³/mol. The third-order valence-corrected chi connectivity index (χ3v) is 3.52. The van der Waals surface area contributed by atoms with E-state index in [2.05, 4.69) is 9.84 Å². The van der Waals surface area contributed by atoms with Crippen molar-refractivity contribution < 1.29 is 14.3 Å². The van der Waals surface area contributed by atoms with Gasteiger partial charge in [-0.25, -0.2) is 0 Å². The second kappa shape index (κ2) is 7.04. The summed E-state index contributed by atoms with van der Waals surface area (Å²) in [5, 5.41) is 4.53. The van der Waals surface area contributed by atoms with E-state index in [0.717, 1.165) is 0 Å². The molecule has 122 valence electrons. The molecule has 2 rings (SSSR count). The van der Waals surface area contributed by atoms with Crippen LogP contribution in [0.1, 0.15) is 13.8 Å². The SMILES string of the molecule is COC(=O)CN(C(=O)Cn1ncc(=O)c2ccccc21)C(C)C. The lowest BCUT2D eigenvalue weighted by Gasteiger charge is -2.25. The lowest BCUT2D eigenvalue weighted by atomic mass is 10.2. The van der Waals surface area contributed by atoms with Crippen LogP contribution in [-0.2, 0) is 20.9 Å². The molecule has 0 aliphatic carbocycles. The van der Waals surface area contributed by atoms with Crippen molar-refractivity contribution >= 4 is 22.8 Å². The predicted octanol–water partition coefficient (Wildman–Crippen LogP) is 0.806. The summed E-state index contributed by atoms with van der Waals surface area (Å²) in [7, 11) is 1.28. The Labute approximate surface area is 133 Å². The molecule has 0 fully saturated rings. The molecule has 2 aromatic rings. The number of hydrogen-bond acceptors (Lipinski definition) is 5. The van der Waals surface area contributed by atoms with Crippen LogP contribution in [0.4, 0.5) is 0 Å². The van der Waals surface area contributed by atoms with Gasteiger partial charge in [-0.05, 0) is 26.0 Å². The third-order valence-electron chi connectivity index (χ3n) is 3.52. The minimum Gasteiger partial charge on any atom is -0.468 e. The van der Waals surface area contributed by atoms with Gasteiger partial charge in [0.1, 0.15) is 13.1 Å². The number of para-hydroxylation sites is 1. The number of benzene rings is 1. The number of hydrogen-bond donors (Lipinski definition) is 0. The van der Waals surface area contributed by atoms with Crippen LogP contribution in [0.5, 0.6) is 0 Å². The molecular formula is C16H19N3O4. The minimum atomic E-state index is -0.482. The first kappa shape index (κ1) is 16.7. The highest BCUT2D eigenvalue weighted by atomic mass is 16.5. The average Bonchev–Trinajstić information content (AvgIpc) is 2.54. The van der Waals surface area contributed by atoms with Crippen molar-refractivity contribution in [1.29, 1.82) is 0 Å². The summed E-state index contributed by atoms with van der Waals surface area (Å²) in [6, 6.07) is 6.80. The van der Waals surface area contributed by atoms with Crippen molar-refractivity contribution in [2.24, 2.45) is 0 Å². The van der Waals surface area contributed by atoms with Crippen molar-refractivity contribution in [1.82, 2.24) is 14.7 Å². The number of carbonyl (C=O) groups excluding carboxylic acids is 2. The maximum absolute atomic E-state index is 12.5. The fourth-order valence-corrected chi connectivity index (χ4v) is 2.27. The zero-order chi connectivity index (χ0) is 17.0. The molecule has 7 heteroatoms. The first-order chi connectivity index (χ1) is 10.9. The summed E-state index contributed by atoms with van der Waals surface area (Å²) in [5.41, 5.74) is 0.384. The summed E-state index contributed by atoms with van der Waals surface area (Å²) in [5.74, 6) is -0.753. The van der Waals surface area contributed by atoms with E-state index in [1.165, 1.54) is 22.9 Å². The molecule has 0 N–H and O–H groups in total. The van der Waals surface area contributed by atoms with Crippen LogP contribution in [0.3, 0.4) is 0 Å². The molecule has 0 radical (unpaired) electrons. The van der Waals surface area contributed by atoms with Crippen molar-refractivity contribution in [3.63, 3.8) is 0 Å². The standard InChI is InChI=1S/C16H19N3O4/c1-11(2)18(10-16(22)23-3)15(21)9-19-13-7-5-4-6-12(13)14(20)8-17-19/h4-8,11H,9-10H2,1-3H3. The van der Waals surface area contributed by atoms with E-state index in [1.54, 1.807) is 24.3 Å². The van der Waals surface area contributed by atoms with Crippen molar-refractivity contribution in [3.8, 4) is 0 Å². The number of aromatic nitrogens is 2. The van der Waals surface area contributed by atoms with E-state index in [-0.39, 0.29) is 30.5 Å². The summed E-state index contributed by atoms with van der Waals surface area (Å²) >= 11 is 0. The van der Waals surface area contributed by atoms with Crippen LogP contribution in [0.2, 0.25) is 0 Å².